The predicted molar refractivity (Wildman–Crippen MR) is 166 cm³/mol. The molecule has 5 aromatic rings. The normalized spacial score (nSPS) is 13.2. The molecule has 2 amide bonds. The molecule has 0 fully saturated rings. The zero-order valence-electron chi connectivity index (χ0n) is 23.8. The lowest BCUT2D eigenvalue weighted by atomic mass is 9.93. The topological polar surface area (TPSA) is 114 Å². The molecule has 0 saturated heterocycles. The van der Waals surface area contributed by atoms with Crippen LogP contribution in [0.1, 0.15) is 59.2 Å². The molecule has 0 aliphatic heterocycles. The molecule has 8 nitrogen and oxygen atoms in total. The van der Waals surface area contributed by atoms with Crippen LogP contribution >= 0.6 is 11.6 Å². The zero-order valence-corrected chi connectivity index (χ0v) is 24.5. The van der Waals surface area contributed by atoms with Crippen molar-refractivity contribution in [3.05, 3.63) is 119 Å². The van der Waals surface area contributed by atoms with Crippen LogP contribution in [0.15, 0.2) is 102 Å². The Bertz CT molecular complexity index is 1700. The van der Waals surface area contributed by atoms with E-state index >= 15 is 0 Å². The van der Waals surface area contributed by atoms with Crippen molar-refractivity contribution >= 4 is 40.4 Å². The third-order valence-electron chi connectivity index (χ3n) is 7.33. The summed E-state index contributed by atoms with van der Waals surface area (Å²) in [6, 6.07) is 25.8. The molecule has 0 spiro atoms. The first kappa shape index (κ1) is 29.7. The maximum absolute atomic E-state index is 13.7. The molecule has 5 rings (SSSR count). The maximum Gasteiger partial charge on any atom is 0.268 e. The van der Waals surface area contributed by atoms with E-state index in [4.69, 9.17) is 16.0 Å². The number of nitrogens with one attached hydrogen (secondary N) is 2. The van der Waals surface area contributed by atoms with Crippen molar-refractivity contribution in [3.63, 3.8) is 0 Å². The first-order valence-electron chi connectivity index (χ1n) is 14.1. The Morgan fingerprint density at radius 1 is 0.860 bits per heavy atom. The van der Waals surface area contributed by atoms with Crippen LogP contribution in [-0.2, 0) is 4.79 Å². The number of hydrogen-bond donors (Lipinski definition) is 2. The van der Waals surface area contributed by atoms with Gasteiger partial charge in [-0.25, -0.2) is 4.98 Å². The number of aromatic nitrogens is 2. The summed E-state index contributed by atoms with van der Waals surface area (Å²) in [5.41, 5.74) is 3.84. The Balaban J connectivity index is 1.34. The van der Waals surface area contributed by atoms with Crippen LogP contribution < -0.4 is 10.6 Å². The average molecular weight is 595 g/mol. The lowest BCUT2D eigenvalue weighted by Gasteiger charge is -2.24. The van der Waals surface area contributed by atoms with E-state index in [1.54, 1.807) is 37.4 Å². The second-order valence-corrected chi connectivity index (χ2v) is 10.7. The molecular formula is C34H31ClN4O4. The van der Waals surface area contributed by atoms with Gasteiger partial charge in [-0.3, -0.25) is 14.4 Å². The van der Waals surface area contributed by atoms with Gasteiger partial charge in [0.15, 0.2) is 11.2 Å². The van der Waals surface area contributed by atoms with Gasteiger partial charge < -0.3 is 15.1 Å². The third-order valence-corrected chi connectivity index (χ3v) is 7.66. The van der Waals surface area contributed by atoms with E-state index in [2.05, 4.69) is 20.6 Å². The minimum atomic E-state index is -0.918. The van der Waals surface area contributed by atoms with Crippen molar-refractivity contribution in [2.45, 2.75) is 44.7 Å². The van der Waals surface area contributed by atoms with E-state index in [9.17, 15) is 14.4 Å². The van der Waals surface area contributed by atoms with Crippen LogP contribution in [0.2, 0.25) is 5.02 Å². The molecule has 2 N–H and O–H groups in total. The number of halogens is 1. The van der Waals surface area contributed by atoms with Crippen LogP contribution in [0.25, 0.3) is 22.4 Å². The Kier molecular flexibility index (Phi) is 9.27. The largest absolute Gasteiger partial charge is 0.432 e. The van der Waals surface area contributed by atoms with Crippen LogP contribution in [0.3, 0.4) is 0 Å². The molecule has 43 heavy (non-hydrogen) atoms. The molecule has 3 aromatic carbocycles. The fraction of sp³-hybridized carbons (Fsp3) is 0.206. The highest BCUT2D eigenvalue weighted by atomic mass is 35.5. The summed E-state index contributed by atoms with van der Waals surface area (Å²) in [6.07, 6.45) is 2.18. The number of oxazole rings is 1. The number of Topliss-reactive ketones (excluding diaryl/α,β-unsaturated/α-hetero) is 1. The quantitative estimate of drug-likeness (QED) is 0.166. The van der Waals surface area contributed by atoms with Gasteiger partial charge in [0.2, 0.25) is 11.7 Å². The molecule has 0 aliphatic carbocycles. The number of ketones is 1. The first-order chi connectivity index (χ1) is 20.8. The number of amides is 2. The second kappa shape index (κ2) is 13.4. The third kappa shape index (κ3) is 6.98. The van der Waals surface area contributed by atoms with Gasteiger partial charge in [-0.1, -0.05) is 86.1 Å². The number of benzene rings is 3. The van der Waals surface area contributed by atoms with E-state index in [0.717, 1.165) is 16.7 Å². The van der Waals surface area contributed by atoms with Gasteiger partial charge in [-0.05, 0) is 60.2 Å². The molecule has 2 heterocycles. The minimum Gasteiger partial charge on any atom is -0.432 e. The smallest absolute Gasteiger partial charge is 0.268 e. The van der Waals surface area contributed by atoms with Gasteiger partial charge in [-0.15, -0.1) is 0 Å². The maximum atomic E-state index is 13.7. The summed E-state index contributed by atoms with van der Waals surface area (Å²) in [7, 11) is 0. The highest BCUT2D eigenvalue weighted by Gasteiger charge is 2.30. The molecule has 2 aromatic heterocycles. The summed E-state index contributed by atoms with van der Waals surface area (Å²) in [5, 5.41) is 6.33. The van der Waals surface area contributed by atoms with Crippen molar-refractivity contribution in [2.75, 3.05) is 0 Å². The fourth-order valence-corrected chi connectivity index (χ4v) is 5.13. The Morgan fingerprint density at radius 2 is 1.58 bits per heavy atom. The number of carbonyl (C=O) groups is 3. The Hall–Kier alpha value is -4.82. The molecule has 3 atom stereocenters. The van der Waals surface area contributed by atoms with E-state index < -0.39 is 29.7 Å². The monoisotopic (exact) mass is 594 g/mol. The number of rotatable bonds is 11. The Morgan fingerprint density at radius 3 is 2.28 bits per heavy atom. The van der Waals surface area contributed by atoms with Gasteiger partial charge in [-0.2, -0.15) is 4.98 Å². The second-order valence-electron chi connectivity index (χ2n) is 10.3. The molecule has 0 bridgehead atoms. The van der Waals surface area contributed by atoms with Gasteiger partial charge in [0.1, 0.15) is 6.04 Å². The van der Waals surface area contributed by atoms with Crippen molar-refractivity contribution in [1.82, 2.24) is 20.6 Å². The molecule has 0 aliphatic rings. The van der Waals surface area contributed by atoms with Gasteiger partial charge in [0, 0.05) is 22.3 Å². The van der Waals surface area contributed by atoms with Crippen molar-refractivity contribution in [2.24, 2.45) is 0 Å². The van der Waals surface area contributed by atoms with Crippen LogP contribution in [-0.4, -0.2) is 39.6 Å². The van der Waals surface area contributed by atoms with Gasteiger partial charge in [0.25, 0.3) is 11.8 Å². The van der Waals surface area contributed by atoms with Crippen LogP contribution in [0.5, 0.6) is 0 Å². The SMILES string of the molecule is CCC(NC(=O)[C@@H](C[C@H](C)c1ccccc1)NC(=O)c1ccc(-c2ccccc2Cl)cc1)C(=O)c1nc2ncccc2o1. The summed E-state index contributed by atoms with van der Waals surface area (Å²) >= 11 is 6.34. The fourth-order valence-electron chi connectivity index (χ4n) is 4.89. The number of hydrogen-bond acceptors (Lipinski definition) is 6. The van der Waals surface area contributed by atoms with Gasteiger partial charge >= 0.3 is 0 Å². The molecule has 0 radical (unpaired) electrons. The predicted octanol–water partition coefficient (Wildman–Crippen LogP) is 6.61. The molecule has 218 valence electrons. The highest BCUT2D eigenvalue weighted by molar-refractivity contribution is 6.33. The Labute approximate surface area is 254 Å². The van der Waals surface area contributed by atoms with E-state index in [1.165, 1.54) is 0 Å². The van der Waals surface area contributed by atoms with Crippen molar-refractivity contribution in [1.29, 1.82) is 0 Å². The number of carbonyl (C=O) groups excluding carboxylic acids is 3. The van der Waals surface area contributed by atoms with Crippen LogP contribution in [0.4, 0.5) is 0 Å². The standard InChI is InChI=1S/C34H31ClN4O4/c1-3-27(30(40)34-39-31-29(43-34)14-9-19-36-31)37-33(42)28(20-21(2)22-10-5-4-6-11-22)38-32(41)24-17-15-23(16-18-24)25-12-7-8-13-26(25)35/h4-19,21,27-28H,3,20H2,1-2H3,(H,37,42)(H,38,41)/t21-,27?,28+/m0/s1. The molecule has 1 unspecified atom stereocenters. The summed E-state index contributed by atoms with van der Waals surface area (Å²) in [6.45, 7) is 3.78. The van der Waals surface area contributed by atoms with Crippen LogP contribution in [0, 0.1) is 0 Å². The minimum absolute atomic E-state index is 0.0567. The number of pyridine rings is 1. The average Bonchev–Trinajstić information content (AvgIpc) is 3.48. The molecule has 9 heteroatoms. The summed E-state index contributed by atoms with van der Waals surface area (Å²) in [5.74, 6) is -1.53. The van der Waals surface area contributed by atoms with Crippen molar-refractivity contribution in [3.8, 4) is 11.1 Å². The highest BCUT2D eigenvalue weighted by Crippen LogP contribution is 2.28. The van der Waals surface area contributed by atoms with E-state index in [1.807, 2.05) is 73.7 Å². The molecule has 0 saturated carbocycles. The van der Waals surface area contributed by atoms with Gasteiger partial charge in [0.05, 0.1) is 6.04 Å². The summed E-state index contributed by atoms with van der Waals surface area (Å²) < 4.78 is 5.60. The summed E-state index contributed by atoms with van der Waals surface area (Å²) in [4.78, 5) is 48.6. The van der Waals surface area contributed by atoms with E-state index in [0.29, 0.717) is 34.7 Å². The van der Waals surface area contributed by atoms with Crippen molar-refractivity contribution < 1.29 is 18.8 Å². The lowest BCUT2D eigenvalue weighted by Crippen LogP contribution is -2.51. The number of fused-ring (bicyclic) bond motifs is 1. The zero-order chi connectivity index (χ0) is 30.3. The molecular weight excluding hydrogens is 564 g/mol. The number of nitrogens with zero attached hydrogens (tertiary/aromatic N) is 2. The lowest BCUT2D eigenvalue weighted by molar-refractivity contribution is -0.123. The van der Waals surface area contributed by atoms with E-state index in [-0.39, 0.29) is 11.8 Å². The first-order valence-corrected chi connectivity index (χ1v) is 14.5.